The molecule has 0 unspecified atom stereocenters. The van der Waals surface area contributed by atoms with Crippen molar-refractivity contribution in [1.82, 2.24) is 19.9 Å². The number of carbonyl (C=O) groups is 1. The van der Waals surface area contributed by atoms with Crippen molar-refractivity contribution in [2.75, 3.05) is 26.2 Å². The molecule has 1 amide bonds. The average Bonchev–Trinajstić information content (AvgIpc) is 3.34. The number of hydrogen-bond acceptors (Lipinski definition) is 6. The van der Waals surface area contributed by atoms with Gasteiger partial charge in [-0.1, -0.05) is 35.0 Å². The highest BCUT2D eigenvalue weighted by Gasteiger charge is 2.27. The monoisotopic (exact) mass is 444 g/mol. The van der Waals surface area contributed by atoms with Crippen molar-refractivity contribution >= 4 is 17.0 Å². The first-order valence-corrected chi connectivity index (χ1v) is 11.3. The summed E-state index contributed by atoms with van der Waals surface area (Å²) in [4.78, 5) is 22.6. The molecule has 7 nitrogen and oxygen atoms in total. The quantitative estimate of drug-likeness (QED) is 0.455. The molecule has 5 rings (SSSR count). The maximum Gasteiger partial charge on any atom is 0.259 e. The van der Waals surface area contributed by atoms with E-state index in [4.69, 9.17) is 8.94 Å². The summed E-state index contributed by atoms with van der Waals surface area (Å²) in [5, 5.41) is 4.76. The number of aryl methyl sites for hydroxylation is 4. The Morgan fingerprint density at radius 1 is 1.03 bits per heavy atom. The molecular weight excluding hydrogens is 416 g/mol. The Morgan fingerprint density at radius 3 is 2.52 bits per heavy atom. The van der Waals surface area contributed by atoms with Crippen LogP contribution in [0.3, 0.4) is 0 Å². The van der Waals surface area contributed by atoms with Gasteiger partial charge in [0.25, 0.3) is 11.6 Å². The van der Waals surface area contributed by atoms with Crippen molar-refractivity contribution in [1.29, 1.82) is 0 Å². The van der Waals surface area contributed by atoms with Crippen LogP contribution in [0.5, 0.6) is 0 Å². The lowest BCUT2D eigenvalue weighted by Crippen LogP contribution is -2.48. The molecule has 1 aliphatic rings. The number of pyridine rings is 1. The van der Waals surface area contributed by atoms with Gasteiger partial charge in [0, 0.05) is 38.3 Å². The third-order valence-electron chi connectivity index (χ3n) is 6.31. The van der Waals surface area contributed by atoms with E-state index in [1.54, 1.807) is 0 Å². The van der Waals surface area contributed by atoms with E-state index in [0.29, 0.717) is 41.1 Å². The van der Waals surface area contributed by atoms with E-state index in [2.05, 4.69) is 46.2 Å². The van der Waals surface area contributed by atoms with Gasteiger partial charge in [-0.2, -0.15) is 0 Å². The van der Waals surface area contributed by atoms with Crippen molar-refractivity contribution in [2.24, 2.45) is 0 Å². The van der Waals surface area contributed by atoms with Gasteiger partial charge in [0.1, 0.15) is 11.5 Å². The Balaban J connectivity index is 1.39. The molecule has 4 aromatic rings. The third-order valence-corrected chi connectivity index (χ3v) is 6.31. The Bertz CT molecular complexity index is 1330. The van der Waals surface area contributed by atoms with Crippen LogP contribution in [0.2, 0.25) is 0 Å². The highest BCUT2D eigenvalue weighted by molar-refractivity contribution is 6.07. The molecule has 0 atom stereocenters. The fourth-order valence-electron chi connectivity index (χ4n) is 4.63. The number of benzene rings is 1. The van der Waals surface area contributed by atoms with Gasteiger partial charge in [0.15, 0.2) is 0 Å². The van der Waals surface area contributed by atoms with Gasteiger partial charge in [-0.3, -0.25) is 9.69 Å². The number of hydrogen-bond donors (Lipinski definition) is 0. The summed E-state index contributed by atoms with van der Waals surface area (Å²) in [6.07, 6.45) is 0. The van der Waals surface area contributed by atoms with Crippen LogP contribution in [-0.4, -0.2) is 52.0 Å². The van der Waals surface area contributed by atoms with Gasteiger partial charge in [-0.15, -0.1) is 0 Å². The van der Waals surface area contributed by atoms with E-state index < -0.39 is 0 Å². The minimum atomic E-state index is -0.0111. The van der Waals surface area contributed by atoms with Crippen LogP contribution in [0.4, 0.5) is 0 Å². The summed E-state index contributed by atoms with van der Waals surface area (Å²) in [6.45, 7) is 11.7. The van der Waals surface area contributed by atoms with Crippen molar-refractivity contribution in [3.63, 3.8) is 0 Å². The molecule has 3 aromatic heterocycles. The van der Waals surface area contributed by atoms with Gasteiger partial charge in [0.05, 0.1) is 22.3 Å². The molecular formula is C26H28N4O3. The highest BCUT2D eigenvalue weighted by Crippen LogP contribution is 2.31. The second-order valence-electron chi connectivity index (χ2n) is 8.89. The first kappa shape index (κ1) is 21.4. The minimum Gasteiger partial charge on any atom is -0.466 e. The van der Waals surface area contributed by atoms with Crippen LogP contribution < -0.4 is 0 Å². The first-order valence-electron chi connectivity index (χ1n) is 11.3. The van der Waals surface area contributed by atoms with Gasteiger partial charge in [0.2, 0.25) is 0 Å². The predicted molar refractivity (Wildman–Crippen MR) is 126 cm³/mol. The molecule has 0 bridgehead atoms. The Labute approximate surface area is 193 Å². The molecule has 7 heteroatoms. The maximum atomic E-state index is 13.6. The molecule has 1 saturated heterocycles. The summed E-state index contributed by atoms with van der Waals surface area (Å²) in [5.74, 6) is 1.55. The van der Waals surface area contributed by atoms with E-state index in [1.807, 2.05) is 37.8 Å². The van der Waals surface area contributed by atoms with Crippen LogP contribution in [0.25, 0.3) is 22.4 Å². The summed E-state index contributed by atoms with van der Waals surface area (Å²) in [7, 11) is 0. The highest BCUT2D eigenvalue weighted by atomic mass is 16.5. The lowest BCUT2D eigenvalue weighted by Gasteiger charge is -2.35. The molecule has 0 N–H and O–H groups in total. The zero-order valence-corrected chi connectivity index (χ0v) is 19.5. The van der Waals surface area contributed by atoms with Gasteiger partial charge < -0.3 is 13.8 Å². The van der Waals surface area contributed by atoms with Gasteiger partial charge in [-0.05, 0) is 45.4 Å². The van der Waals surface area contributed by atoms with E-state index in [0.717, 1.165) is 36.7 Å². The largest absolute Gasteiger partial charge is 0.466 e. The predicted octanol–water partition coefficient (Wildman–Crippen LogP) is 4.67. The average molecular weight is 445 g/mol. The Morgan fingerprint density at radius 2 is 1.82 bits per heavy atom. The molecule has 170 valence electrons. The molecule has 33 heavy (non-hydrogen) atoms. The first-order chi connectivity index (χ1) is 15.9. The van der Waals surface area contributed by atoms with E-state index in [9.17, 15) is 4.79 Å². The lowest BCUT2D eigenvalue weighted by molar-refractivity contribution is 0.0630. The Kier molecular flexibility index (Phi) is 5.50. The molecule has 1 aromatic carbocycles. The second-order valence-corrected chi connectivity index (χ2v) is 8.89. The molecule has 1 aliphatic heterocycles. The van der Waals surface area contributed by atoms with Crippen molar-refractivity contribution in [2.45, 2.75) is 34.2 Å². The van der Waals surface area contributed by atoms with Crippen LogP contribution in [0, 0.1) is 27.7 Å². The molecule has 0 radical (unpaired) electrons. The Hall–Kier alpha value is -3.45. The SMILES string of the molecule is Cc1cccc(CN2CCN(C(=O)c3cc(-c4cc(C)oc4C)nc4onc(C)c34)CC2)c1. The van der Waals surface area contributed by atoms with Crippen molar-refractivity contribution < 1.29 is 13.7 Å². The normalized spacial score (nSPS) is 14.8. The van der Waals surface area contributed by atoms with Crippen molar-refractivity contribution in [3.05, 3.63) is 70.3 Å². The number of amides is 1. The summed E-state index contributed by atoms with van der Waals surface area (Å²) < 4.78 is 11.1. The lowest BCUT2D eigenvalue weighted by atomic mass is 10.0. The maximum absolute atomic E-state index is 13.6. The van der Waals surface area contributed by atoms with Crippen LogP contribution in [0.1, 0.15) is 38.7 Å². The van der Waals surface area contributed by atoms with Gasteiger partial charge in [-0.25, -0.2) is 4.98 Å². The zero-order chi connectivity index (χ0) is 23.1. The second kappa shape index (κ2) is 8.48. The molecule has 4 heterocycles. The smallest absolute Gasteiger partial charge is 0.259 e. The number of nitrogens with zero attached hydrogens (tertiary/aromatic N) is 4. The van der Waals surface area contributed by atoms with E-state index in [1.165, 1.54) is 11.1 Å². The topological polar surface area (TPSA) is 75.6 Å². The summed E-state index contributed by atoms with van der Waals surface area (Å²) >= 11 is 0. The minimum absolute atomic E-state index is 0.0111. The molecule has 0 saturated carbocycles. The van der Waals surface area contributed by atoms with E-state index in [-0.39, 0.29) is 5.91 Å². The fraction of sp³-hybridized carbons (Fsp3) is 0.346. The number of rotatable bonds is 4. The molecule has 0 spiro atoms. The number of fused-ring (bicyclic) bond motifs is 1. The standard InChI is InChI=1S/C26H28N4O3/c1-16-6-5-7-20(12-16)15-29-8-10-30(11-9-29)26(31)22-14-23(21-13-17(2)32-19(21)4)27-25-24(22)18(3)28-33-25/h5-7,12-14H,8-11,15H2,1-4H3. The molecule has 0 aliphatic carbocycles. The fourth-order valence-corrected chi connectivity index (χ4v) is 4.63. The van der Waals surface area contributed by atoms with Crippen LogP contribution in [0.15, 0.2) is 45.3 Å². The zero-order valence-electron chi connectivity index (χ0n) is 19.5. The van der Waals surface area contributed by atoms with Gasteiger partial charge >= 0.3 is 0 Å². The molecule has 1 fully saturated rings. The van der Waals surface area contributed by atoms with Crippen LogP contribution >= 0.6 is 0 Å². The third kappa shape index (κ3) is 4.16. The summed E-state index contributed by atoms with van der Waals surface area (Å²) in [6, 6.07) is 12.4. The number of piperazine rings is 1. The van der Waals surface area contributed by atoms with Crippen LogP contribution in [-0.2, 0) is 6.54 Å². The van der Waals surface area contributed by atoms with E-state index >= 15 is 0 Å². The summed E-state index contributed by atoms with van der Waals surface area (Å²) in [5.41, 5.74) is 5.73. The number of aromatic nitrogens is 2. The van der Waals surface area contributed by atoms with Crippen molar-refractivity contribution in [3.8, 4) is 11.3 Å². The number of carbonyl (C=O) groups excluding carboxylic acids is 1. The number of furan rings is 1.